The lowest BCUT2D eigenvalue weighted by Gasteiger charge is -2.11. The molecule has 124 valence electrons. The molecule has 0 saturated carbocycles. The molecule has 0 unspecified atom stereocenters. The number of hydrogen-bond acceptors (Lipinski definition) is 3. The number of nitrogens with one attached hydrogen (secondary N) is 1. The largest absolute Gasteiger partial charge is 0.491 e. The van der Waals surface area contributed by atoms with E-state index < -0.39 is 0 Å². The first-order chi connectivity index (χ1) is 12.2. The van der Waals surface area contributed by atoms with Gasteiger partial charge in [0.25, 0.3) is 0 Å². The number of aromatic amines is 1. The third kappa shape index (κ3) is 2.98. The van der Waals surface area contributed by atoms with Gasteiger partial charge in [-0.05, 0) is 43.7 Å². The van der Waals surface area contributed by atoms with Crippen LogP contribution in [0, 0.1) is 0 Å². The van der Waals surface area contributed by atoms with E-state index in [9.17, 15) is 0 Å². The van der Waals surface area contributed by atoms with E-state index in [1.807, 2.05) is 62.6 Å². The minimum Gasteiger partial charge on any atom is -0.491 e. The van der Waals surface area contributed by atoms with Crippen molar-refractivity contribution in [3.05, 3.63) is 67.0 Å². The van der Waals surface area contributed by atoms with Crippen LogP contribution in [0.5, 0.6) is 5.75 Å². The van der Waals surface area contributed by atoms with Crippen molar-refractivity contribution in [1.29, 1.82) is 0 Å². The minimum absolute atomic E-state index is 0.165. The van der Waals surface area contributed by atoms with Gasteiger partial charge in [-0.1, -0.05) is 30.3 Å². The molecule has 0 radical (unpaired) electrons. The summed E-state index contributed by atoms with van der Waals surface area (Å²) in [6.07, 6.45) is 3.86. The molecular formula is C21H19N3O. The van der Waals surface area contributed by atoms with E-state index in [1.54, 1.807) is 0 Å². The Labute approximate surface area is 146 Å². The van der Waals surface area contributed by atoms with E-state index in [0.717, 1.165) is 39.0 Å². The van der Waals surface area contributed by atoms with Gasteiger partial charge >= 0.3 is 0 Å². The van der Waals surface area contributed by atoms with E-state index in [-0.39, 0.29) is 6.10 Å². The van der Waals surface area contributed by atoms with Crippen molar-refractivity contribution in [2.75, 3.05) is 0 Å². The number of hydrogen-bond donors (Lipinski definition) is 1. The molecular weight excluding hydrogens is 310 g/mol. The van der Waals surface area contributed by atoms with Gasteiger partial charge in [0.15, 0.2) is 0 Å². The summed E-state index contributed by atoms with van der Waals surface area (Å²) in [5.41, 5.74) is 5.23. The second kappa shape index (κ2) is 6.40. The van der Waals surface area contributed by atoms with Crippen LogP contribution in [0.3, 0.4) is 0 Å². The molecule has 0 aliphatic rings. The molecule has 0 aliphatic carbocycles. The second-order valence-electron chi connectivity index (χ2n) is 6.23. The summed E-state index contributed by atoms with van der Waals surface area (Å²) in [4.78, 5) is 4.44. The molecule has 1 N–H and O–H groups in total. The number of pyridine rings is 1. The molecule has 25 heavy (non-hydrogen) atoms. The number of fused-ring (bicyclic) bond motifs is 1. The third-order valence-corrected chi connectivity index (χ3v) is 4.09. The maximum absolute atomic E-state index is 5.73. The van der Waals surface area contributed by atoms with Crippen LogP contribution in [-0.2, 0) is 0 Å². The third-order valence-electron chi connectivity index (χ3n) is 4.09. The average Bonchev–Trinajstić information content (AvgIpc) is 3.11. The van der Waals surface area contributed by atoms with Crippen LogP contribution in [-0.4, -0.2) is 21.3 Å². The summed E-state index contributed by atoms with van der Waals surface area (Å²) in [6.45, 7) is 4.05. The molecule has 0 bridgehead atoms. The summed E-state index contributed by atoms with van der Waals surface area (Å²) >= 11 is 0. The molecule has 4 rings (SSSR count). The number of ether oxygens (including phenoxy) is 1. The maximum Gasteiger partial charge on any atom is 0.119 e. The predicted molar refractivity (Wildman–Crippen MR) is 101 cm³/mol. The molecule has 0 atom stereocenters. The second-order valence-corrected chi connectivity index (χ2v) is 6.23. The highest BCUT2D eigenvalue weighted by atomic mass is 16.5. The average molecular weight is 329 g/mol. The van der Waals surface area contributed by atoms with Crippen LogP contribution in [0.1, 0.15) is 13.8 Å². The minimum atomic E-state index is 0.165. The van der Waals surface area contributed by atoms with Crippen molar-refractivity contribution >= 4 is 10.9 Å². The first-order valence-corrected chi connectivity index (χ1v) is 8.37. The van der Waals surface area contributed by atoms with Gasteiger partial charge in [-0.25, -0.2) is 0 Å². The fraction of sp³-hybridized carbons (Fsp3) is 0.143. The zero-order valence-electron chi connectivity index (χ0n) is 14.2. The molecule has 0 amide bonds. The van der Waals surface area contributed by atoms with Crippen LogP contribution in [0.25, 0.3) is 33.3 Å². The summed E-state index contributed by atoms with van der Waals surface area (Å²) in [5, 5.41) is 8.53. The molecule has 4 nitrogen and oxygen atoms in total. The fourth-order valence-electron chi connectivity index (χ4n) is 3.01. The Morgan fingerprint density at radius 1 is 0.920 bits per heavy atom. The van der Waals surface area contributed by atoms with Crippen LogP contribution < -0.4 is 4.74 Å². The Morgan fingerprint density at radius 2 is 1.72 bits per heavy atom. The molecule has 2 heterocycles. The predicted octanol–water partition coefficient (Wildman–Crippen LogP) is 5.08. The van der Waals surface area contributed by atoms with Crippen molar-refractivity contribution in [3.8, 4) is 28.1 Å². The maximum atomic E-state index is 5.73. The molecule has 4 aromatic rings. The van der Waals surface area contributed by atoms with Crippen LogP contribution in [0.15, 0.2) is 67.0 Å². The molecule has 0 aliphatic heterocycles. The number of nitrogens with zero attached hydrogens (tertiary/aromatic N) is 2. The lowest BCUT2D eigenvalue weighted by atomic mass is 9.99. The van der Waals surface area contributed by atoms with Gasteiger partial charge in [0.05, 0.1) is 23.5 Å². The highest BCUT2D eigenvalue weighted by Crippen LogP contribution is 2.34. The van der Waals surface area contributed by atoms with Crippen LogP contribution in [0.2, 0.25) is 0 Å². The van der Waals surface area contributed by atoms with Gasteiger partial charge < -0.3 is 4.74 Å². The van der Waals surface area contributed by atoms with Gasteiger partial charge in [0, 0.05) is 22.7 Å². The van der Waals surface area contributed by atoms with Crippen molar-refractivity contribution < 1.29 is 4.74 Å². The summed E-state index contributed by atoms with van der Waals surface area (Å²) in [5.74, 6) is 0.873. The van der Waals surface area contributed by atoms with Crippen LogP contribution in [0.4, 0.5) is 0 Å². The molecule has 4 heteroatoms. The lowest BCUT2D eigenvalue weighted by molar-refractivity contribution is 0.242. The van der Waals surface area contributed by atoms with Gasteiger partial charge in [-0.3, -0.25) is 10.1 Å². The zero-order chi connectivity index (χ0) is 17.2. The number of para-hydroxylation sites is 1. The van der Waals surface area contributed by atoms with Crippen molar-refractivity contribution in [2.45, 2.75) is 20.0 Å². The monoisotopic (exact) mass is 329 g/mol. The first kappa shape index (κ1) is 15.4. The molecule has 0 spiro atoms. The first-order valence-electron chi connectivity index (χ1n) is 8.37. The Hall–Kier alpha value is -3.14. The van der Waals surface area contributed by atoms with Gasteiger partial charge in [0.1, 0.15) is 5.75 Å². The van der Waals surface area contributed by atoms with Gasteiger partial charge in [-0.15, -0.1) is 0 Å². The van der Waals surface area contributed by atoms with Crippen LogP contribution >= 0.6 is 0 Å². The smallest absolute Gasteiger partial charge is 0.119 e. The topological polar surface area (TPSA) is 50.8 Å². The Kier molecular flexibility index (Phi) is 3.94. The fourth-order valence-corrected chi connectivity index (χ4v) is 3.01. The molecule has 2 aromatic heterocycles. The van der Waals surface area contributed by atoms with Crippen molar-refractivity contribution in [1.82, 2.24) is 15.2 Å². The molecule has 0 fully saturated rings. The summed E-state index contributed by atoms with van der Waals surface area (Å²) in [7, 11) is 0. The molecule has 0 saturated heterocycles. The van der Waals surface area contributed by atoms with E-state index in [4.69, 9.17) is 4.74 Å². The highest BCUT2D eigenvalue weighted by molar-refractivity contribution is 5.97. The lowest BCUT2D eigenvalue weighted by Crippen LogP contribution is -2.05. The highest BCUT2D eigenvalue weighted by Gasteiger charge is 2.13. The molecule has 2 aromatic carbocycles. The Bertz CT molecular complexity index is 998. The zero-order valence-corrected chi connectivity index (χ0v) is 14.2. The number of aromatic nitrogens is 3. The quantitative estimate of drug-likeness (QED) is 0.568. The summed E-state index contributed by atoms with van der Waals surface area (Å²) < 4.78 is 5.73. The van der Waals surface area contributed by atoms with E-state index in [2.05, 4.69) is 33.4 Å². The number of H-pyrrole nitrogens is 1. The SMILES string of the molecule is CC(C)Oc1ccc(-c2cn[nH]c2-c2ccnc3ccccc23)cc1. The van der Waals surface area contributed by atoms with E-state index >= 15 is 0 Å². The Morgan fingerprint density at radius 3 is 2.52 bits per heavy atom. The van der Waals surface area contributed by atoms with Crippen molar-refractivity contribution in [3.63, 3.8) is 0 Å². The van der Waals surface area contributed by atoms with Gasteiger partial charge in [-0.2, -0.15) is 5.10 Å². The van der Waals surface area contributed by atoms with Gasteiger partial charge in [0.2, 0.25) is 0 Å². The normalized spacial score (nSPS) is 11.2. The number of rotatable bonds is 4. The van der Waals surface area contributed by atoms with Crippen molar-refractivity contribution in [2.24, 2.45) is 0 Å². The number of benzene rings is 2. The standard InChI is InChI=1S/C21H19N3O/c1-14(2)25-16-9-7-15(8-10-16)19-13-23-24-21(19)18-11-12-22-20-6-4-3-5-17(18)20/h3-14H,1-2H3,(H,23,24). The van der Waals surface area contributed by atoms with E-state index in [1.165, 1.54) is 0 Å². The Balaban J connectivity index is 1.78. The van der Waals surface area contributed by atoms with E-state index in [0.29, 0.717) is 0 Å². The summed E-state index contributed by atoms with van der Waals surface area (Å²) in [6, 6.07) is 18.3.